The molecule has 0 spiro atoms. The van der Waals surface area contributed by atoms with Crippen molar-refractivity contribution < 1.29 is 13.2 Å². The molecule has 0 atom stereocenters. The fourth-order valence-electron chi connectivity index (χ4n) is 1.60. The fourth-order valence-corrected chi connectivity index (χ4v) is 2.72. The van der Waals surface area contributed by atoms with Crippen molar-refractivity contribution >= 4 is 15.9 Å². The first-order chi connectivity index (χ1) is 9.52. The van der Waals surface area contributed by atoms with Gasteiger partial charge in [0, 0.05) is 13.6 Å². The van der Waals surface area contributed by atoms with Gasteiger partial charge in [0.05, 0.1) is 11.4 Å². The number of benzene rings is 1. The quantitative estimate of drug-likeness (QED) is 0.901. The van der Waals surface area contributed by atoms with Gasteiger partial charge in [-0.05, 0) is 24.5 Å². The molecule has 0 radical (unpaired) electrons. The second-order valence-corrected chi connectivity index (χ2v) is 8.46. The molecule has 0 aliphatic rings. The van der Waals surface area contributed by atoms with Crippen molar-refractivity contribution in [2.24, 2.45) is 5.41 Å². The van der Waals surface area contributed by atoms with E-state index in [2.05, 4.69) is 5.32 Å². The molecule has 5 nitrogen and oxygen atoms in total. The van der Waals surface area contributed by atoms with Crippen LogP contribution in [0.5, 0.6) is 0 Å². The van der Waals surface area contributed by atoms with Gasteiger partial charge in [-0.1, -0.05) is 38.5 Å². The Kier molecular flexibility index (Phi) is 5.53. The van der Waals surface area contributed by atoms with Crippen molar-refractivity contribution in [2.45, 2.75) is 32.6 Å². The molecule has 1 N–H and O–H groups in total. The Morgan fingerprint density at radius 1 is 1.19 bits per heavy atom. The number of carbonyl (C=O) groups is 1. The molecule has 0 aliphatic carbocycles. The molecule has 0 fully saturated rings. The van der Waals surface area contributed by atoms with Crippen LogP contribution in [-0.2, 0) is 14.8 Å². The maximum absolute atomic E-state index is 12.3. The number of hydrogen-bond acceptors (Lipinski definition) is 3. The average Bonchev–Trinajstić information content (AvgIpc) is 2.36. The highest BCUT2D eigenvalue weighted by Gasteiger charge is 2.23. The second-order valence-electron chi connectivity index (χ2n) is 6.41. The van der Waals surface area contributed by atoms with Crippen LogP contribution in [0.2, 0.25) is 0 Å². The Morgan fingerprint density at radius 2 is 1.71 bits per heavy atom. The molecule has 0 heterocycles. The molecule has 0 saturated carbocycles. The highest BCUT2D eigenvalue weighted by Crippen LogP contribution is 2.15. The lowest BCUT2D eigenvalue weighted by molar-refractivity contribution is -0.121. The Labute approximate surface area is 127 Å². The monoisotopic (exact) mass is 312 g/mol. The number of nitrogens with zero attached hydrogens (tertiary/aromatic N) is 1. The summed E-state index contributed by atoms with van der Waals surface area (Å²) in [6.07, 6.45) is 0. The molecule has 21 heavy (non-hydrogen) atoms. The van der Waals surface area contributed by atoms with E-state index in [1.165, 1.54) is 7.05 Å². The first-order valence-corrected chi connectivity index (χ1v) is 8.26. The third-order valence-electron chi connectivity index (χ3n) is 2.91. The van der Waals surface area contributed by atoms with Crippen LogP contribution in [0.15, 0.2) is 29.2 Å². The lowest BCUT2D eigenvalue weighted by Crippen LogP contribution is -2.41. The summed E-state index contributed by atoms with van der Waals surface area (Å²) in [7, 11) is -2.22. The molecule has 0 aliphatic heterocycles. The summed E-state index contributed by atoms with van der Waals surface area (Å²) in [4.78, 5) is 12.0. The number of nitrogens with one attached hydrogen (secondary N) is 1. The zero-order valence-corrected chi connectivity index (χ0v) is 14.1. The van der Waals surface area contributed by atoms with Crippen LogP contribution < -0.4 is 5.32 Å². The van der Waals surface area contributed by atoms with Crippen molar-refractivity contribution in [3.05, 3.63) is 29.8 Å². The molecular formula is C15H24N2O3S. The second kappa shape index (κ2) is 6.58. The molecule has 1 aromatic rings. The standard InChI is InChI=1S/C15H24N2O3S/c1-12-6-8-13(9-7-12)21(19,20)17(5)10-14(18)16-11-15(2,3)4/h6-9H,10-11H2,1-5H3,(H,16,18). The van der Waals surface area contributed by atoms with E-state index in [0.717, 1.165) is 9.87 Å². The van der Waals surface area contributed by atoms with Gasteiger partial charge in [-0.25, -0.2) is 8.42 Å². The van der Waals surface area contributed by atoms with Crippen molar-refractivity contribution in [1.29, 1.82) is 0 Å². The Morgan fingerprint density at radius 3 is 2.19 bits per heavy atom. The maximum Gasteiger partial charge on any atom is 0.243 e. The molecule has 1 aromatic carbocycles. The third-order valence-corrected chi connectivity index (χ3v) is 4.73. The van der Waals surface area contributed by atoms with E-state index in [4.69, 9.17) is 0 Å². The minimum absolute atomic E-state index is 0.0376. The number of carbonyl (C=O) groups excluding carboxylic acids is 1. The lowest BCUT2D eigenvalue weighted by Gasteiger charge is -2.21. The molecule has 1 rings (SSSR count). The third kappa shape index (κ3) is 5.47. The molecule has 0 aromatic heterocycles. The van der Waals surface area contributed by atoms with E-state index in [1.807, 2.05) is 27.7 Å². The lowest BCUT2D eigenvalue weighted by atomic mass is 9.97. The number of likely N-dealkylation sites (N-methyl/N-ethyl adjacent to an activating group) is 1. The van der Waals surface area contributed by atoms with Crippen LogP contribution in [0.4, 0.5) is 0 Å². The Balaban J connectivity index is 2.72. The van der Waals surface area contributed by atoms with E-state index < -0.39 is 10.0 Å². The Bertz CT molecular complexity index is 586. The van der Waals surface area contributed by atoms with Crippen molar-refractivity contribution in [1.82, 2.24) is 9.62 Å². The number of sulfonamides is 1. The van der Waals surface area contributed by atoms with Crippen LogP contribution in [0.25, 0.3) is 0 Å². The summed E-state index contributed by atoms with van der Waals surface area (Å²) in [5.74, 6) is -0.303. The van der Waals surface area contributed by atoms with Crippen molar-refractivity contribution in [2.75, 3.05) is 20.1 Å². The number of rotatable bonds is 5. The van der Waals surface area contributed by atoms with E-state index in [0.29, 0.717) is 6.54 Å². The van der Waals surface area contributed by atoms with Crippen LogP contribution in [0.3, 0.4) is 0 Å². The predicted octanol–water partition coefficient (Wildman–Crippen LogP) is 1.78. The van der Waals surface area contributed by atoms with E-state index in [1.54, 1.807) is 24.3 Å². The van der Waals surface area contributed by atoms with E-state index in [9.17, 15) is 13.2 Å². The summed E-state index contributed by atoms with van der Waals surface area (Å²) in [5, 5.41) is 2.74. The Hall–Kier alpha value is -1.40. The van der Waals surface area contributed by atoms with Gasteiger partial charge < -0.3 is 5.32 Å². The van der Waals surface area contributed by atoms with Gasteiger partial charge in [0.1, 0.15) is 0 Å². The number of hydrogen-bond donors (Lipinski definition) is 1. The van der Waals surface area contributed by atoms with Gasteiger partial charge in [0.25, 0.3) is 0 Å². The van der Waals surface area contributed by atoms with Gasteiger partial charge in [-0.3, -0.25) is 4.79 Å². The topological polar surface area (TPSA) is 66.5 Å². The van der Waals surface area contributed by atoms with Crippen molar-refractivity contribution in [3.8, 4) is 0 Å². The van der Waals surface area contributed by atoms with Crippen LogP contribution in [0.1, 0.15) is 26.3 Å². The summed E-state index contributed by atoms with van der Waals surface area (Å²) in [5.41, 5.74) is 0.948. The SMILES string of the molecule is Cc1ccc(S(=O)(=O)N(C)CC(=O)NCC(C)(C)C)cc1. The minimum Gasteiger partial charge on any atom is -0.354 e. The minimum atomic E-state index is -3.63. The first-order valence-electron chi connectivity index (χ1n) is 6.82. The highest BCUT2D eigenvalue weighted by atomic mass is 32.2. The normalized spacial score (nSPS) is 12.5. The highest BCUT2D eigenvalue weighted by molar-refractivity contribution is 7.89. The fraction of sp³-hybridized carbons (Fsp3) is 0.533. The van der Waals surface area contributed by atoms with E-state index in [-0.39, 0.29) is 22.8 Å². The molecule has 0 bridgehead atoms. The van der Waals surface area contributed by atoms with Crippen LogP contribution in [0, 0.1) is 12.3 Å². The van der Waals surface area contributed by atoms with Crippen LogP contribution in [-0.4, -0.2) is 38.8 Å². The summed E-state index contributed by atoms with van der Waals surface area (Å²) in [6.45, 7) is 8.21. The largest absolute Gasteiger partial charge is 0.354 e. The van der Waals surface area contributed by atoms with E-state index >= 15 is 0 Å². The summed E-state index contributed by atoms with van der Waals surface area (Å²) >= 11 is 0. The molecule has 6 heteroatoms. The number of amides is 1. The average molecular weight is 312 g/mol. The molecule has 1 amide bonds. The maximum atomic E-state index is 12.3. The van der Waals surface area contributed by atoms with Gasteiger partial charge in [-0.2, -0.15) is 4.31 Å². The summed E-state index contributed by atoms with van der Waals surface area (Å²) in [6, 6.07) is 6.57. The molecule has 0 saturated heterocycles. The molecule has 118 valence electrons. The number of aryl methyl sites for hydroxylation is 1. The zero-order chi connectivity index (χ0) is 16.3. The smallest absolute Gasteiger partial charge is 0.243 e. The zero-order valence-electron chi connectivity index (χ0n) is 13.3. The van der Waals surface area contributed by atoms with Gasteiger partial charge >= 0.3 is 0 Å². The molecular weight excluding hydrogens is 288 g/mol. The predicted molar refractivity (Wildman–Crippen MR) is 83.5 cm³/mol. The van der Waals surface area contributed by atoms with Gasteiger partial charge in [-0.15, -0.1) is 0 Å². The van der Waals surface area contributed by atoms with Gasteiger partial charge in [0.2, 0.25) is 15.9 Å². The first kappa shape index (κ1) is 17.7. The molecule has 0 unspecified atom stereocenters. The van der Waals surface area contributed by atoms with Crippen LogP contribution >= 0.6 is 0 Å². The summed E-state index contributed by atoms with van der Waals surface area (Å²) < 4.78 is 25.7. The van der Waals surface area contributed by atoms with Crippen molar-refractivity contribution in [3.63, 3.8) is 0 Å². The van der Waals surface area contributed by atoms with Gasteiger partial charge in [0.15, 0.2) is 0 Å².